The fraction of sp³-hybridized carbons (Fsp3) is 0.391. The van der Waals surface area contributed by atoms with E-state index in [0.717, 1.165) is 24.1 Å². The van der Waals surface area contributed by atoms with Crippen molar-refractivity contribution in [2.45, 2.75) is 32.2 Å². The van der Waals surface area contributed by atoms with Crippen LogP contribution in [0, 0.1) is 17.0 Å². The number of fused-ring (bicyclic) bond motifs is 1. The first kappa shape index (κ1) is 20.7. The third kappa shape index (κ3) is 3.77. The van der Waals surface area contributed by atoms with Crippen LogP contribution in [0.15, 0.2) is 36.8 Å². The van der Waals surface area contributed by atoms with Crippen molar-refractivity contribution in [3.63, 3.8) is 0 Å². The largest absolute Gasteiger partial charge is 0.490 e. The lowest BCUT2D eigenvalue weighted by Crippen LogP contribution is -2.35. The van der Waals surface area contributed by atoms with Crippen molar-refractivity contribution in [3.05, 3.63) is 59.7 Å². The van der Waals surface area contributed by atoms with Crippen molar-refractivity contribution in [2.24, 2.45) is 5.41 Å². The number of nitrogens with zero attached hydrogens (tertiary/aromatic N) is 5. The number of aliphatic hydroxyl groups is 1. The van der Waals surface area contributed by atoms with Gasteiger partial charge >= 0.3 is 0 Å². The van der Waals surface area contributed by atoms with Crippen molar-refractivity contribution in [2.75, 3.05) is 24.7 Å². The Morgan fingerprint density at radius 2 is 1.94 bits per heavy atom. The van der Waals surface area contributed by atoms with Crippen LogP contribution >= 0.6 is 0 Å². The third-order valence-corrected chi connectivity index (χ3v) is 6.31. The number of rotatable bonds is 6. The lowest BCUT2D eigenvalue weighted by molar-refractivity contribution is 0.143. The lowest BCUT2D eigenvalue weighted by atomic mass is 9.98. The molecule has 3 aromatic rings. The molecule has 9 heteroatoms. The van der Waals surface area contributed by atoms with E-state index in [1.54, 1.807) is 24.7 Å². The van der Waals surface area contributed by atoms with E-state index in [9.17, 15) is 13.9 Å². The molecule has 1 saturated carbocycles. The maximum atomic E-state index is 14.4. The quantitative estimate of drug-likeness (QED) is 0.629. The van der Waals surface area contributed by atoms with Gasteiger partial charge in [0.1, 0.15) is 0 Å². The fourth-order valence-electron chi connectivity index (χ4n) is 4.02. The summed E-state index contributed by atoms with van der Waals surface area (Å²) in [6, 6.07) is 4.31. The monoisotopic (exact) mass is 439 g/mol. The summed E-state index contributed by atoms with van der Waals surface area (Å²) < 4.78 is 34.4. The van der Waals surface area contributed by atoms with E-state index in [1.807, 2.05) is 11.8 Å². The highest BCUT2D eigenvalue weighted by Gasteiger charge is 2.43. The highest BCUT2D eigenvalue weighted by molar-refractivity contribution is 5.55. The predicted octanol–water partition coefficient (Wildman–Crippen LogP) is 3.49. The molecule has 0 amide bonds. The third-order valence-electron chi connectivity index (χ3n) is 6.31. The molecule has 1 atom stereocenters. The zero-order chi connectivity index (χ0) is 22.3. The maximum absolute atomic E-state index is 14.4. The smallest absolute Gasteiger partial charge is 0.200 e. The number of aliphatic hydroxyl groups excluding tert-OH is 1. The molecule has 1 aromatic carbocycles. The zero-order valence-electron chi connectivity index (χ0n) is 17.6. The molecule has 1 unspecified atom stereocenters. The lowest BCUT2D eigenvalue weighted by Gasteiger charge is -2.36. The van der Waals surface area contributed by atoms with Crippen molar-refractivity contribution in [3.8, 4) is 17.4 Å². The van der Waals surface area contributed by atoms with Gasteiger partial charge in [0.2, 0.25) is 5.82 Å². The molecule has 166 valence electrons. The van der Waals surface area contributed by atoms with Gasteiger partial charge in [-0.25, -0.2) is 24.3 Å². The second-order valence-electron chi connectivity index (χ2n) is 8.47. The Kier molecular flexibility index (Phi) is 5.21. The molecule has 2 aliphatic rings. The molecular weight excluding hydrogens is 416 g/mol. The number of anilines is 1. The first-order valence-electron chi connectivity index (χ1n) is 10.6. The van der Waals surface area contributed by atoms with E-state index in [4.69, 9.17) is 4.74 Å². The van der Waals surface area contributed by atoms with Crippen LogP contribution in [0.3, 0.4) is 0 Å². The highest BCUT2D eigenvalue weighted by Crippen LogP contribution is 2.45. The second-order valence-corrected chi connectivity index (χ2v) is 8.47. The van der Waals surface area contributed by atoms with E-state index >= 15 is 0 Å². The minimum atomic E-state index is -1.01. The normalized spacial score (nSPS) is 18.9. The van der Waals surface area contributed by atoms with E-state index in [2.05, 4.69) is 19.9 Å². The van der Waals surface area contributed by atoms with Gasteiger partial charge in [-0.05, 0) is 25.8 Å². The van der Waals surface area contributed by atoms with Gasteiger partial charge in [0.25, 0.3) is 0 Å². The zero-order valence-corrected chi connectivity index (χ0v) is 17.6. The summed E-state index contributed by atoms with van der Waals surface area (Å²) in [6.45, 7) is 2.70. The molecule has 5 rings (SSSR count). The molecule has 7 nitrogen and oxygen atoms in total. The summed E-state index contributed by atoms with van der Waals surface area (Å²) in [7, 11) is 0. The molecule has 3 heterocycles. The van der Waals surface area contributed by atoms with E-state index in [1.165, 1.54) is 12.1 Å². The van der Waals surface area contributed by atoms with Gasteiger partial charge in [-0.1, -0.05) is 0 Å². The van der Waals surface area contributed by atoms with Crippen LogP contribution in [-0.4, -0.2) is 44.8 Å². The number of hydrogen-bond donors (Lipinski definition) is 1. The average Bonchev–Trinajstić information content (AvgIpc) is 3.61. The SMILES string of the molecule is CC1c2cnc(-c3ncccn3)nc2CCN1c1cc(F)c(F)c(OCC2(CO)CC2)c1. The molecular formula is C23H23F2N5O2. The Bertz CT molecular complexity index is 1140. The topological polar surface area (TPSA) is 84.3 Å². The molecule has 1 fully saturated rings. The molecule has 0 bridgehead atoms. The van der Waals surface area contributed by atoms with Gasteiger partial charge in [-0.3, -0.25) is 0 Å². The van der Waals surface area contributed by atoms with Crippen molar-refractivity contribution < 1.29 is 18.6 Å². The molecule has 2 aromatic heterocycles. The molecule has 1 aliphatic heterocycles. The minimum absolute atomic E-state index is 0.0211. The standard InChI is InChI=1S/C23H23F2N5O2/c1-14-16-11-28-22(21-26-6-2-7-27-21)29-18(16)3-8-30(14)15-9-17(24)20(25)19(10-15)32-13-23(12-31)4-5-23/h2,6-7,9-11,14,31H,3-5,8,12-13H2,1H3. The Morgan fingerprint density at radius 1 is 1.16 bits per heavy atom. The van der Waals surface area contributed by atoms with Crippen LogP contribution in [0.2, 0.25) is 0 Å². The summed E-state index contributed by atoms with van der Waals surface area (Å²) >= 11 is 0. The predicted molar refractivity (Wildman–Crippen MR) is 113 cm³/mol. The second kappa shape index (κ2) is 8.05. The van der Waals surface area contributed by atoms with E-state index < -0.39 is 11.6 Å². The van der Waals surface area contributed by atoms with Crippen LogP contribution < -0.4 is 9.64 Å². The molecule has 0 saturated heterocycles. The summed E-state index contributed by atoms with van der Waals surface area (Å²) in [5.74, 6) is -1.18. The van der Waals surface area contributed by atoms with Gasteiger partial charge < -0.3 is 14.7 Å². The number of hydrogen-bond acceptors (Lipinski definition) is 7. The Morgan fingerprint density at radius 3 is 2.66 bits per heavy atom. The summed E-state index contributed by atoms with van der Waals surface area (Å²) in [6.07, 6.45) is 7.30. The van der Waals surface area contributed by atoms with Crippen LogP contribution in [0.5, 0.6) is 5.75 Å². The number of aromatic nitrogens is 4. The van der Waals surface area contributed by atoms with Gasteiger partial charge in [-0.2, -0.15) is 4.39 Å². The number of benzene rings is 1. The van der Waals surface area contributed by atoms with Crippen LogP contribution in [0.25, 0.3) is 11.6 Å². The molecule has 1 aliphatic carbocycles. The summed E-state index contributed by atoms with van der Waals surface area (Å²) in [5.41, 5.74) is 2.01. The van der Waals surface area contributed by atoms with E-state index in [-0.39, 0.29) is 30.4 Å². The van der Waals surface area contributed by atoms with Crippen molar-refractivity contribution >= 4 is 5.69 Å². The minimum Gasteiger partial charge on any atom is -0.490 e. The Hall–Kier alpha value is -3.20. The van der Waals surface area contributed by atoms with Gasteiger partial charge in [0, 0.05) is 60.4 Å². The first-order chi connectivity index (χ1) is 15.5. The van der Waals surface area contributed by atoms with Crippen molar-refractivity contribution in [1.29, 1.82) is 0 Å². The van der Waals surface area contributed by atoms with Crippen LogP contribution in [0.1, 0.15) is 37.1 Å². The summed E-state index contributed by atoms with van der Waals surface area (Å²) in [4.78, 5) is 19.4. The molecule has 0 spiro atoms. The number of halogens is 2. The van der Waals surface area contributed by atoms with Crippen molar-refractivity contribution in [1.82, 2.24) is 19.9 Å². The maximum Gasteiger partial charge on any atom is 0.200 e. The van der Waals surface area contributed by atoms with Gasteiger partial charge in [0.15, 0.2) is 23.2 Å². The molecule has 0 radical (unpaired) electrons. The molecule has 1 N–H and O–H groups in total. The fourth-order valence-corrected chi connectivity index (χ4v) is 4.02. The highest BCUT2D eigenvalue weighted by atomic mass is 19.2. The van der Waals surface area contributed by atoms with Crippen LogP contribution in [0.4, 0.5) is 14.5 Å². The molecule has 32 heavy (non-hydrogen) atoms. The first-order valence-corrected chi connectivity index (χ1v) is 10.6. The summed E-state index contributed by atoms with van der Waals surface area (Å²) in [5, 5.41) is 9.46. The Balaban J connectivity index is 1.40. The van der Waals surface area contributed by atoms with Gasteiger partial charge in [0.05, 0.1) is 24.9 Å². The van der Waals surface area contributed by atoms with Crippen LogP contribution in [-0.2, 0) is 6.42 Å². The Labute approximate surface area is 184 Å². The average molecular weight is 439 g/mol. The van der Waals surface area contributed by atoms with Gasteiger partial charge in [-0.15, -0.1) is 0 Å². The van der Waals surface area contributed by atoms with E-state index in [0.29, 0.717) is 30.3 Å². The number of ether oxygens (including phenoxy) is 1.